The van der Waals surface area contributed by atoms with Crippen molar-refractivity contribution in [1.82, 2.24) is 9.98 Å². The minimum atomic E-state index is -4.47. The van der Waals surface area contributed by atoms with Crippen LogP contribution >= 0.6 is 11.8 Å². The summed E-state index contributed by atoms with van der Waals surface area (Å²) in [6, 6.07) is 0. The molecule has 0 amide bonds. The van der Waals surface area contributed by atoms with Crippen molar-refractivity contribution in [2.24, 2.45) is 0 Å². The summed E-state index contributed by atoms with van der Waals surface area (Å²) in [5, 5.41) is 22.2. The van der Waals surface area contributed by atoms with Crippen LogP contribution < -0.4 is 9.98 Å². The molecule has 110 valence electrons. The van der Waals surface area contributed by atoms with Gasteiger partial charge in [0.2, 0.25) is 0 Å². The quantitative estimate of drug-likeness (QED) is 0.376. The van der Waals surface area contributed by atoms with E-state index in [1.807, 2.05) is 0 Å². The molecule has 0 radical (unpaired) electrons. The maximum absolute atomic E-state index is 12.3. The van der Waals surface area contributed by atoms with Crippen LogP contribution in [0.4, 0.5) is 13.2 Å². The molecule has 19 heavy (non-hydrogen) atoms. The largest absolute Gasteiger partial charge is 0.405 e. The number of nitrogens with zero attached hydrogens (tertiary/aromatic N) is 1. The zero-order valence-corrected chi connectivity index (χ0v) is 11.0. The first kappa shape index (κ1) is 16.3. The summed E-state index contributed by atoms with van der Waals surface area (Å²) in [5.41, 5.74) is -0.723. The molecule has 9 heteroatoms. The highest BCUT2D eigenvalue weighted by molar-refractivity contribution is 8.14. The van der Waals surface area contributed by atoms with E-state index in [1.165, 1.54) is 0 Å². The van der Waals surface area contributed by atoms with E-state index in [2.05, 4.69) is 16.7 Å². The van der Waals surface area contributed by atoms with E-state index in [0.717, 1.165) is 11.8 Å². The van der Waals surface area contributed by atoms with Crippen molar-refractivity contribution in [3.05, 3.63) is 0 Å². The van der Waals surface area contributed by atoms with Crippen molar-refractivity contribution >= 4 is 23.6 Å². The Hall–Kier alpha value is -0.730. The second-order valence-electron chi connectivity index (χ2n) is 4.05. The molecule has 0 aliphatic carbocycles. The van der Waals surface area contributed by atoms with E-state index in [4.69, 9.17) is 4.74 Å². The number of nitrogens with one attached hydrogen (secondary N) is 1. The van der Waals surface area contributed by atoms with Crippen LogP contribution in [0, 0.1) is 0 Å². The van der Waals surface area contributed by atoms with Crippen molar-refractivity contribution in [2.45, 2.75) is 42.8 Å². The fourth-order valence-electron chi connectivity index (χ4n) is 1.69. The Morgan fingerprint density at radius 2 is 2.16 bits per heavy atom. The number of hydrogen-bond donors (Lipinski definition) is 3. The number of hydrogen-bond acceptors (Lipinski definition) is 4. The smallest absolute Gasteiger partial charge is 0.390 e. The predicted molar refractivity (Wildman–Crippen MR) is 66.9 cm³/mol. The van der Waals surface area contributed by atoms with Gasteiger partial charge in [0, 0.05) is 18.2 Å². The molecule has 0 saturated carbocycles. The maximum atomic E-state index is 12.3. The summed E-state index contributed by atoms with van der Waals surface area (Å²) < 4.78 is 45.8. The predicted octanol–water partition coefficient (Wildman–Crippen LogP) is -0.148. The second-order valence-corrected chi connectivity index (χ2v) is 5.20. The number of alkyl halides is 3. The normalized spacial score (nSPS) is 31.7. The number of rotatable bonds is 2. The highest BCUT2D eigenvalue weighted by Crippen LogP contribution is 2.33. The summed E-state index contributed by atoms with van der Waals surface area (Å²) in [7, 11) is 1.58. The molecule has 0 aromatic heterocycles. The van der Waals surface area contributed by atoms with Crippen LogP contribution in [0.5, 0.6) is 0 Å². The molecule has 1 aliphatic rings. The summed E-state index contributed by atoms with van der Waals surface area (Å²) in [6.07, 6.45) is -10.1. The van der Waals surface area contributed by atoms with E-state index in [0.29, 0.717) is 5.17 Å². The Morgan fingerprint density at radius 1 is 1.53 bits per heavy atom. The van der Waals surface area contributed by atoms with Crippen LogP contribution in [0.3, 0.4) is 0 Å². The van der Waals surface area contributed by atoms with E-state index < -0.39 is 36.3 Å². The lowest BCUT2D eigenvalue weighted by Gasteiger charge is -2.36. The van der Waals surface area contributed by atoms with Gasteiger partial charge in [-0.15, -0.1) is 0 Å². The number of aliphatic hydroxyl groups is 2. The molecule has 0 spiro atoms. The second kappa shape index (κ2) is 6.62. The standard InChI is InChI=1S/C10H15F3N2O3S/c1-14-9(15-2)19-7-3-5(16)8(17)6(18-7)4-10(11,12)13/h5-8,16-17H,1,3-4H2,2H3/p+1. The van der Waals surface area contributed by atoms with Crippen molar-refractivity contribution in [2.75, 3.05) is 7.05 Å². The molecular weight excluding hydrogens is 285 g/mol. The van der Waals surface area contributed by atoms with Gasteiger partial charge in [-0.3, -0.25) is 5.32 Å². The van der Waals surface area contributed by atoms with Crippen molar-refractivity contribution in [1.29, 1.82) is 0 Å². The average molecular weight is 301 g/mol. The van der Waals surface area contributed by atoms with Gasteiger partial charge >= 0.3 is 11.3 Å². The Kier molecular flexibility index (Phi) is 5.69. The molecule has 4 unspecified atom stereocenters. The first-order valence-corrected chi connectivity index (χ1v) is 6.41. The van der Waals surface area contributed by atoms with Crippen molar-refractivity contribution in [3.8, 4) is 0 Å². The maximum Gasteiger partial charge on any atom is 0.405 e. The summed E-state index contributed by atoms with van der Waals surface area (Å²) in [6.45, 7) is 3.29. The van der Waals surface area contributed by atoms with Crippen molar-refractivity contribution < 1.29 is 28.1 Å². The third kappa shape index (κ3) is 5.04. The van der Waals surface area contributed by atoms with Gasteiger partial charge in [0.15, 0.2) is 6.72 Å². The molecule has 1 aliphatic heterocycles. The molecule has 3 N–H and O–H groups in total. The van der Waals surface area contributed by atoms with Gasteiger partial charge in [-0.2, -0.15) is 13.2 Å². The van der Waals surface area contributed by atoms with Gasteiger partial charge in [0.05, 0.1) is 25.7 Å². The minimum Gasteiger partial charge on any atom is -0.390 e. The van der Waals surface area contributed by atoms with Gasteiger partial charge in [-0.1, -0.05) is 0 Å². The van der Waals surface area contributed by atoms with Gasteiger partial charge in [-0.05, 0) is 0 Å². The average Bonchev–Trinajstić information content (AvgIpc) is 2.30. The lowest BCUT2D eigenvalue weighted by Crippen LogP contribution is -2.49. The molecule has 0 aromatic rings. The number of ether oxygens (including phenoxy) is 1. The molecule has 4 atom stereocenters. The van der Waals surface area contributed by atoms with Crippen LogP contribution in [0.25, 0.3) is 0 Å². The fourth-order valence-corrected chi connectivity index (χ4v) is 2.62. The molecule has 5 nitrogen and oxygen atoms in total. The van der Waals surface area contributed by atoms with E-state index >= 15 is 0 Å². The highest BCUT2D eigenvalue weighted by Gasteiger charge is 2.44. The van der Waals surface area contributed by atoms with Gasteiger partial charge in [0.25, 0.3) is 0 Å². The summed E-state index contributed by atoms with van der Waals surface area (Å²) in [5.74, 6) is 0. The monoisotopic (exact) mass is 301 g/mol. The summed E-state index contributed by atoms with van der Waals surface area (Å²) >= 11 is 1.02. The Bertz CT molecular complexity index is 360. The molecule has 1 heterocycles. The number of halogens is 3. The van der Waals surface area contributed by atoms with Crippen LogP contribution in [-0.4, -0.2) is 59.1 Å². The van der Waals surface area contributed by atoms with Crippen LogP contribution in [0.15, 0.2) is 0 Å². The van der Waals surface area contributed by atoms with Gasteiger partial charge in [-0.25, -0.2) is 4.67 Å². The molecule has 1 rings (SSSR count). The van der Waals surface area contributed by atoms with Crippen LogP contribution in [0.2, 0.25) is 0 Å². The number of aliphatic hydroxyl groups excluding tert-OH is 2. The van der Waals surface area contributed by atoms with Gasteiger partial charge in [0.1, 0.15) is 11.5 Å². The molecule has 1 saturated heterocycles. The molecular formula is C10H16F3N2O3S+. The van der Waals surface area contributed by atoms with Crippen LogP contribution in [-0.2, 0) is 4.74 Å². The van der Waals surface area contributed by atoms with E-state index in [-0.39, 0.29) is 6.42 Å². The number of amidine groups is 1. The van der Waals surface area contributed by atoms with Crippen LogP contribution in [0.1, 0.15) is 12.8 Å². The van der Waals surface area contributed by atoms with Gasteiger partial charge < -0.3 is 14.9 Å². The molecule has 1 fully saturated rings. The third-order valence-electron chi connectivity index (χ3n) is 2.57. The Morgan fingerprint density at radius 3 is 2.63 bits per heavy atom. The van der Waals surface area contributed by atoms with E-state index in [9.17, 15) is 23.4 Å². The first-order chi connectivity index (χ1) is 8.76. The fraction of sp³-hybridized carbons (Fsp3) is 0.800. The first-order valence-electron chi connectivity index (χ1n) is 5.53. The Labute approximate surface area is 112 Å². The zero-order chi connectivity index (χ0) is 14.6. The highest BCUT2D eigenvalue weighted by atomic mass is 32.2. The third-order valence-corrected chi connectivity index (χ3v) is 3.69. The molecule has 0 bridgehead atoms. The zero-order valence-electron chi connectivity index (χ0n) is 10.2. The molecule has 0 aromatic carbocycles. The topological polar surface area (TPSA) is 75.8 Å². The SMILES string of the molecule is C=[N+]=C(NC)SC1CC(O)C(O)C(CC(F)(F)F)O1. The lowest BCUT2D eigenvalue weighted by atomic mass is 10.00. The number of thioether (sulfide) groups is 1. The summed E-state index contributed by atoms with van der Waals surface area (Å²) in [4.78, 5) is 0. The lowest BCUT2D eigenvalue weighted by molar-refractivity contribution is -0.206. The minimum absolute atomic E-state index is 0.0148. The Balaban J connectivity index is 2.70. The van der Waals surface area contributed by atoms with Crippen molar-refractivity contribution in [3.63, 3.8) is 0 Å². The van der Waals surface area contributed by atoms with E-state index in [1.54, 1.807) is 7.05 Å².